The Morgan fingerprint density at radius 1 is 1.09 bits per heavy atom. The molecule has 180 valence electrons. The largest absolute Gasteiger partial charge is 0.478 e. The first-order valence-electron chi connectivity index (χ1n) is 11.4. The fourth-order valence-corrected chi connectivity index (χ4v) is 4.50. The Bertz CT molecular complexity index is 1480. The van der Waals surface area contributed by atoms with Crippen LogP contribution in [0.25, 0.3) is 22.3 Å². The quantitative estimate of drug-likeness (QED) is 0.367. The molecule has 1 aliphatic carbocycles. The second kappa shape index (κ2) is 8.48. The minimum Gasteiger partial charge on any atom is -0.478 e. The number of fused-ring (bicyclic) bond motifs is 1. The van der Waals surface area contributed by atoms with Gasteiger partial charge in [0.25, 0.3) is 0 Å². The Morgan fingerprint density at radius 3 is 2.51 bits per heavy atom. The van der Waals surface area contributed by atoms with Crippen LogP contribution in [0.1, 0.15) is 53.8 Å². The number of carbonyl (C=O) groups is 1. The summed E-state index contributed by atoms with van der Waals surface area (Å²) >= 11 is 0. The van der Waals surface area contributed by atoms with E-state index in [1.54, 1.807) is 11.5 Å². The van der Waals surface area contributed by atoms with Gasteiger partial charge in [-0.25, -0.2) is 32.9 Å². The fraction of sp³-hybridized carbons (Fsp3) is 0.308. The molecule has 1 N–H and O–H groups in total. The molecule has 9 heteroatoms. The molecular weight excluding hydrogens is 457 g/mol. The van der Waals surface area contributed by atoms with Crippen LogP contribution in [0, 0.1) is 29.8 Å². The highest BCUT2D eigenvalue weighted by molar-refractivity contribution is 5.92. The molecule has 6 nitrogen and oxygen atoms in total. The lowest BCUT2D eigenvalue weighted by Gasteiger charge is -2.17. The molecule has 1 fully saturated rings. The van der Waals surface area contributed by atoms with Gasteiger partial charge in [-0.05, 0) is 67.5 Å². The number of aromatic carboxylic acids is 1. The van der Waals surface area contributed by atoms with Crippen LogP contribution in [-0.2, 0) is 13.0 Å². The SMILES string of the molecule is CCC1(Cn2c(Cc3cc(F)c(-c4ccnc(C)n4)cc3F)nc3c(F)cc(C(=O)O)cc32)CC1. The van der Waals surface area contributed by atoms with Crippen molar-refractivity contribution in [1.29, 1.82) is 0 Å². The zero-order valence-electron chi connectivity index (χ0n) is 19.3. The molecule has 0 aliphatic heterocycles. The lowest BCUT2D eigenvalue weighted by Crippen LogP contribution is -2.14. The van der Waals surface area contributed by atoms with Gasteiger partial charge in [0.05, 0.1) is 16.8 Å². The zero-order chi connectivity index (χ0) is 24.9. The first-order chi connectivity index (χ1) is 16.7. The van der Waals surface area contributed by atoms with Gasteiger partial charge in [-0.15, -0.1) is 0 Å². The predicted octanol–water partition coefficient (Wildman–Crippen LogP) is 5.70. The lowest BCUT2D eigenvalue weighted by molar-refractivity contribution is 0.0696. The van der Waals surface area contributed by atoms with Crippen LogP contribution in [0.15, 0.2) is 36.5 Å². The van der Waals surface area contributed by atoms with E-state index in [0.29, 0.717) is 23.7 Å². The van der Waals surface area contributed by atoms with E-state index in [1.807, 2.05) is 0 Å². The topological polar surface area (TPSA) is 80.9 Å². The van der Waals surface area contributed by atoms with E-state index in [2.05, 4.69) is 21.9 Å². The molecule has 0 amide bonds. The average Bonchev–Trinajstić information content (AvgIpc) is 3.52. The second-order valence-electron chi connectivity index (χ2n) is 9.19. The summed E-state index contributed by atoms with van der Waals surface area (Å²) in [5.41, 5.74) is 0.535. The summed E-state index contributed by atoms with van der Waals surface area (Å²) in [6, 6.07) is 6.03. The first-order valence-corrected chi connectivity index (χ1v) is 11.4. The van der Waals surface area contributed by atoms with Crippen LogP contribution in [0.3, 0.4) is 0 Å². The van der Waals surface area contributed by atoms with E-state index < -0.39 is 23.4 Å². The van der Waals surface area contributed by atoms with Crippen molar-refractivity contribution in [2.24, 2.45) is 5.41 Å². The molecule has 0 saturated heterocycles. The van der Waals surface area contributed by atoms with Crippen LogP contribution in [0.4, 0.5) is 13.2 Å². The Hall–Kier alpha value is -3.75. The molecule has 0 atom stereocenters. The molecule has 2 heterocycles. The summed E-state index contributed by atoms with van der Waals surface area (Å²) in [5.74, 6) is -2.51. The van der Waals surface area contributed by atoms with Crippen molar-refractivity contribution in [1.82, 2.24) is 19.5 Å². The normalized spacial score (nSPS) is 14.4. The fourth-order valence-electron chi connectivity index (χ4n) is 4.50. The summed E-state index contributed by atoms with van der Waals surface area (Å²) in [7, 11) is 0. The smallest absolute Gasteiger partial charge is 0.335 e. The number of benzene rings is 2. The molecule has 35 heavy (non-hydrogen) atoms. The number of carboxylic acids is 1. The second-order valence-corrected chi connectivity index (χ2v) is 9.19. The van der Waals surface area contributed by atoms with Crippen molar-refractivity contribution in [2.45, 2.75) is 46.1 Å². The number of hydrogen-bond donors (Lipinski definition) is 1. The van der Waals surface area contributed by atoms with Crippen molar-refractivity contribution < 1.29 is 23.1 Å². The Kier molecular flexibility index (Phi) is 5.57. The van der Waals surface area contributed by atoms with Crippen molar-refractivity contribution in [3.8, 4) is 11.3 Å². The van der Waals surface area contributed by atoms with Gasteiger partial charge in [0.1, 0.15) is 28.8 Å². The molecule has 0 bridgehead atoms. The number of nitrogens with zero attached hydrogens (tertiary/aromatic N) is 4. The molecule has 4 aromatic rings. The van der Waals surface area contributed by atoms with Gasteiger partial charge < -0.3 is 9.67 Å². The van der Waals surface area contributed by atoms with Gasteiger partial charge in [-0.3, -0.25) is 0 Å². The molecule has 1 aliphatic rings. The highest BCUT2D eigenvalue weighted by Crippen LogP contribution is 2.50. The summed E-state index contributed by atoms with van der Waals surface area (Å²) in [6.45, 7) is 4.23. The van der Waals surface area contributed by atoms with E-state index in [1.165, 1.54) is 18.3 Å². The van der Waals surface area contributed by atoms with Crippen molar-refractivity contribution in [3.63, 3.8) is 0 Å². The molecule has 2 aromatic carbocycles. The maximum atomic E-state index is 15.2. The third-order valence-electron chi connectivity index (χ3n) is 6.87. The number of imidazole rings is 1. The van der Waals surface area contributed by atoms with Gasteiger partial charge in [0.2, 0.25) is 0 Å². The monoisotopic (exact) mass is 480 g/mol. The number of rotatable bonds is 7. The number of carboxylic acid groups (broad SMARTS) is 1. The van der Waals surface area contributed by atoms with Crippen LogP contribution >= 0.6 is 0 Å². The number of hydrogen-bond acceptors (Lipinski definition) is 4. The maximum Gasteiger partial charge on any atom is 0.335 e. The number of aromatic nitrogens is 4. The van der Waals surface area contributed by atoms with Crippen LogP contribution in [0.2, 0.25) is 0 Å². The van der Waals surface area contributed by atoms with E-state index in [0.717, 1.165) is 37.5 Å². The van der Waals surface area contributed by atoms with Gasteiger partial charge in [-0.2, -0.15) is 0 Å². The predicted molar refractivity (Wildman–Crippen MR) is 124 cm³/mol. The molecular formula is C26H23F3N4O2. The van der Waals surface area contributed by atoms with Crippen molar-refractivity contribution in [3.05, 3.63) is 76.8 Å². The Balaban J connectivity index is 1.60. The Morgan fingerprint density at radius 2 is 1.86 bits per heavy atom. The minimum absolute atomic E-state index is 0.0105. The third-order valence-corrected chi connectivity index (χ3v) is 6.87. The highest BCUT2D eigenvalue weighted by atomic mass is 19.1. The van der Waals surface area contributed by atoms with Crippen LogP contribution in [0.5, 0.6) is 0 Å². The highest BCUT2D eigenvalue weighted by Gasteiger charge is 2.41. The van der Waals surface area contributed by atoms with Crippen LogP contribution in [-0.4, -0.2) is 30.6 Å². The summed E-state index contributed by atoms with van der Waals surface area (Å²) < 4.78 is 46.7. The molecule has 0 unspecified atom stereocenters. The summed E-state index contributed by atoms with van der Waals surface area (Å²) in [4.78, 5) is 24.1. The molecule has 1 saturated carbocycles. The lowest BCUT2D eigenvalue weighted by atomic mass is 10.0. The van der Waals surface area contributed by atoms with Gasteiger partial charge in [0.15, 0.2) is 5.82 Å². The van der Waals surface area contributed by atoms with Gasteiger partial charge in [-0.1, -0.05) is 6.92 Å². The Labute approximate surface area is 199 Å². The average molecular weight is 480 g/mol. The third kappa shape index (κ3) is 4.26. The number of aryl methyl sites for hydroxylation is 1. The van der Waals surface area contributed by atoms with E-state index >= 15 is 8.78 Å². The first kappa shape index (κ1) is 23.0. The number of halogens is 3. The van der Waals surface area contributed by atoms with E-state index in [-0.39, 0.29) is 39.7 Å². The zero-order valence-corrected chi connectivity index (χ0v) is 19.3. The van der Waals surface area contributed by atoms with Crippen molar-refractivity contribution in [2.75, 3.05) is 0 Å². The summed E-state index contributed by atoms with van der Waals surface area (Å²) in [5, 5.41) is 9.40. The molecule has 0 spiro atoms. The molecule has 0 radical (unpaired) electrons. The maximum absolute atomic E-state index is 15.2. The van der Waals surface area contributed by atoms with Gasteiger partial charge in [0, 0.05) is 24.7 Å². The molecule has 5 rings (SSSR count). The molecule has 2 aromatic heterocycles. The van der Waals surface area contributed by atoms with E-state index in [9.17, 15) is 14.3 Å². The van der Waals surface area contributed by atoms with Gasteiger partial charge >= 0.3 is 5.97 Å². The minimum atomic E-state index is -1.25. The van der Waals surface area contributed by atoms with Crippen LogP contribution < -0.4 is 0 Å². The standard InChI is InChI=1S/C26H23F3N4O2/c1-3-26(5-6-26)13-33-22-10-16(25(34)35)9-20(29)24(22)32-23(33)11-15-8-19(28)17(12-18(15)27)21-4-7-30-14(2)31-21/h4,7-10,12H,3,5-6,11,13H2,1-2H3,(H,34,35). The van der Waals surface area contributed by atoms with E-state index in [4.69, 9.17) is 0 Å². The summed E-state index contributed by atoms with van der Waals surface area (Å²) in [6.07, 6.45) is 4.26. The van der Waals surface area contributed by atoms with Crippen molar-refractivity contribution >= 4 is 17.0 Å².